The number of hydrogen-bond acceptors (Lipinski definition) is 4. The largest absolute Gasteiger partial charge is 0.465 e. The van der Waals surface area contributed by atoms with Crippen LogP contribution in [0.3, 0.4) is 0 Å². The van der Waals surface area contributed by atoms with Crippen molar-refractivity contribution >= 4 is 46.0 Å². The van der Waals surface area contributed by atoms with E-state index in [0.717, 1.165) is 16.8 Å². The molecule has 7 nitrogen and oxygen atoms in total. The van der Waals surface area contributed by atoms with Crippen molar-refractivity contribution in [2.45, 2.75) is 52.2 Å². The van der Waals surface area contributed by atoms with E-state index in [4.69, 9.17) is 23.2 Å². The molecule has 1 aliphatic heterocycles. The Kier molecular flexibility index (Phi) is 7.69. The highest BCUT2D eigenvalue weighted by molar-refractivity contribution is 6.42. The Hall–Kier alpha value is -2.55. The Morgan fingerprint density at radius 2 is 1.89 bits per heavy atom. The molecule has 10 heteroatoms. The van der Waals surface area contributed by atoms with E-state index in [1.54, 1.807) is 24.5 Å². The van der Waals surface area contributed by atoms with Gasteiger partial charge in [0.2, 0.25) is 0 Å². The lowest BCUT2D eigenvalue weighted by molar-refractivity contribution is 0.0549. The molecule has 0 saturated carbocycles. The van der Waals surface area contributed by atoms with E-state index in [0.29, 0.717) is 48.0 Å². The average Bonchev–Trinajstić information content (AvgIpc) is 3.35. The second-order valence-electron chi connectivity index (χ2n) is 10.6. The molecule has 0 bridgehead atoms. The Morgan fingerprint density at radius 1 is 1.17 bits per heavy atom. The molecule has 0 aliphatic carbocycles. The van der Waals surface area contributed by atoms with Gasteiger partial charge >= 0.3 is 6.09 Å². The Morgan fingerprint density at radius 3 is 2.56 bits per heavy atom. The number of aromatic nitrogens is 2. The topological polar surface area (TPSA) is 81.8 Å². The van der Waals surface area contributed by atoms with E-state index < -0.39 is 18.2 Å². The van der Waals surface area contributed by atoms with Gasteiger partial charge in [-0.05, 0) is 54.2 Å². The predicted molar refractivity (Wildman–Crippen MR) is 141 cm³/mol. The Balaban J connectivity index is 1.66. The van der Waals surface area contributed by atoms with Gasteiger partial charge in [-0.1, -0.05) is 44.0 Å². The van der Waals surface area contributed by atoms with Crippen molar-refractivity contribution in [3.8, 4) is 0 Å². The number of aliphatic hydroxyl groups is 1. The zero-order valence-corrected chi connectivity index (χ0v) is 22.1. The molecule has 2 heterocycles. The molecule has 2 N–H and O–H groups in total. The van der Waals surface area contributed by atoms with Crippen LogP contribution in [0.4, 0.5) is 14.9 Å². The van der Waals surface area contributed by atoms with Crippen molar-refractivity contribution < 1.29 is 19.4 Å². The highest BCUT2D eigenvalue weighted by atomic mass is 35.5. The van der Waals surface area contributed by atoms with E-state index in [2.05, 4.69) is 25.8 Å². The molecule has 0 radical (unpaired) electrons. The van der Waals surface area contributed by atoms with Crippen molar-refractivity contribution in [2.75, 3.05) is 24.6 Å². The lowest BCUT2D eigenvalue weighted by atomic mass is 9.87. The van der Waals surface area contributed by atoms with Crippen LogP contribution in [0, 0.1) is 11.2 Å². The van der Waals surface area contributed by atoms with Crippen LogP contribution in [0.15, 0.2) is 36.7 Å². The molecule has 2 aromatic carbocycles. The van der Waals surface area contributed by atoms with Crippen molar-refractivity contribution in [3.63, 3.8) is 0 Å². The van der Waals surface area contributed by atoms with Crippen molar-refractivity contribution in [1.82, 2.24) is 14.5 Å². The summed E-state index contributed by atoms with van der Waals surface area (Å²) in [5.41, 5.74) is 3.00. The fraction of sp³-hybridized carbons (Fsp3) is 0.462. The van der Waals surface area contributed by atoms with Crippen molar-refractivity contribution in [1.29, 1.82) is 0 Å². The lowest BCUT2D eigenvalue weighted by Gasteiger charge is -2.40. The minimum Gasteiger partial charge on any atom is -0.465 e. The van der Waals surface area contributed by atoms with Crippen LogP contribution in [0.25, 0.3) is 11.0 Å². The predicted octanol–water partition coefficient (Wildman–Crippen LogP) is 5.69. The Labute approximate surface area is 220 Å². The Bertz CT molecular complexity index is 1260. The minimum atomic E-state index is -1.10. The van der Waals surface area contributed by atoms with Gasteiger partial charge in [-0.3, -0.25) is 4.90 Å². The third-order valence-electron chi connectivity index (χ3n) is 6.60. The van der Waals surface area contributed by atoms with Crippen LogP contribution in [-0.2, 0) is 13.0 Å². The van der Waals surface area contributed by atoms with E-state index in [1.807, 2.05) is 9.47 Å². The molecule has 2 atom stereocenters. The summed E-state index contributed by atoms with van der Waals surface area (Å²) in [6.45, 7) is 7.10. The number of rotatable bonds is 8. The van der Waals surface area contributed by atoms with E-state index in [1.165, 1.54) is 17.0 Å². The molecule has 0 fully saturated rings. The summed E-state index contributed by atoms with van der Waals surface area (Å²) in [6.07, 6.45) is 1.78. The van der Waals surface area contributed by atoms with Crippen molar-refractivity contribution in [2.24, 2.45) is 5.41 Å². The number of imidazole rings is 1. The van der Waals surface area contributed by atoms with Crippen molar-refractivity contribution in [3.05, 3.63) is 58.1 Å². The van der Waals surface area contributed by atoms with Crippen LogP contribution >= 0.6 is 23.2 Å². The maximum atomic E-state index is 13.7. The summed E-state index contributed by atoms with van der Waals surface area (Å²) >= 11 is 12.4. The molecule has 4 rings (SSSR count). The monoisotopic (exact) mass is 536 g/mol. The fourth-order valence-electron chi connectivity index (χ4n) is 5.11. The summed E-state index contributed by atoms with van der Waals surface area (Å²) in [6, 6.07) is 6.92. The molecule has 36 heavy (non-hydrogen) atoms. The summed E-state index contributed by atoms with van der Waals surface area (Å²) in [4.78, 5) is 20.5. The summed E-state index contributed by atoms with van der Waals surface area (Å²) in [5.74, 6) is -0.291. The molecule has 3 aromatic rings. The second-order valence-corrected chi connectivity index (χ2v) is 11.4. The van der Waals surface area contributed by atoms with Gasteiger partial charge in [0.1, 0.15) is 5.82 Å². The maximum absolute atomic E-state index is 13.7. The number of nitrogens with zero attached hydrogens (tertiary/aromatic N) is 4. The maximum Gasteiger partial charge on any atom is 0.408 e. The van der Waals surface area contributed by atoms with Gasteiger partial charge in [-0.15, -0.1) is 0 Å². The summed E-state index contributed by atoms with van der Waals surface area (Å²) in [5, 5.41) is 21.5. The van der Waals surface area contributed by atoms with Crippen LogP contribution in [0.2, 0.25) is 10.0 Å². The summed E-state index contributed by atoms with van der Waals surface area (Å²) in [7, 11) is 0. The highest BCUT2D eigenvalue weighted by Gasteiger charge is 2.35. The van der Waals surface area contributed by atoms with Crippen LogP contribution in [0.1, 0.15) is 32.8 Å². The van der Waals surface area contributed by atoms with Gasteiger partial charge in [0, 0.05) is 25.3 Å². The van der Waals surface area contributed by atoms with E-state index >= 15 is 0 Å². The van der Waals surface area contributed by atoms with E-state index in [9.17, 15) is 19.4 Å². The number of carbonyl (C=O) groups is 1. The number of amides is 1. The van der Waals surface area contributed by atoms with Crippen LogP contribution in [-0.4, -0.2) is 62.5 Å². The lowest BCUT2D eigenvalue weighted by Crippen LogP contribution is -2.55. The number of halogens is 3. The minimum absolute atomic E-state index is 0.187. The van der Waals surface area contributed by atoms with Gasteiger partial charge in [0.25, 0.3) is 0 Å². The van der Waals surface area contributed by atoms with Gasteiger partial charge < -0.3 is 19.7 Å². The molecule has 2 unspecified atom stereocenters. The molecule has 1 aliphatic rings. The zero-order chi connectivity index (χ0) is 26.2. The number of carboxylic acid groups (broad SMARTS) is 1. The third kappa shape index (κ3) is 5.71. The number of fused-ring (bicyclic) bond motifs is 2. The van der Waals surface area contributed by atoms with Crippen LogP contribution in [0.5, 0.6) is 0 Å². The van der Waals surface area contributed by atoms with Gasteiger partial charge in [-0.25, -0.2) is 14.2 Å². The number of aliphatic hydroxyl groups excluding tert-OH is 1. The first-order chi connectivity index (χ1) is 17.0. The molecule has 0 saturated heterocycles. The standard InChI is InChI=1S/C26H31Cl2FN4O3/c1-26(2,3)11-18(12-32-15-30-22-9-20(27)21(28)10-24(22)32)33(25(35)36)19(14-34)13-31-7-6-16-8-17(29)4-5-23(16)31/h4-5,8-10,15,18-19,34H,6-7,11-14H2,1-3H3,(H,35,36). The van der Waals surface area contributed by atoms with Crippen LogP contribution < -0.4 is 4.90 Å². The molecule has 1 aromatic heterocycles. The number of hydrogen-bond donors (Lipinski definition) is 2. The quantitative estimate of drug-likeness (QED) is 0.386. The first-order valence-corrected chi connectivity index (χ1v) is 12.7. The normalized spacial score (nSPS) is 15.2. The van der Waals surface area contributed by atoms with Gasteiger partial charge in [-0.2, -0.15) is 0 Å². The molecular weight excluding hydrogens is 506 g/mol. The SMILES string of the molecule is CC(C)(C)CC(Cn1cnc2cc(Cl)c(Cl)cc21)N(C(=O)O)C(CO)CN1CCc2cc(F)ccc21. The first-order valence-electron chi connectivity index (χ1n) is 11.9. The van der Waals surface area contributed by atoms with Gasteiger partial charge in [0.05, 0.1) is 46.1 Å². The molecular formula is C26H31Cl2FN4O3. The smallest absolute Gasteiger partial charge is 0.408 e. The summed E-state index contributed by atoms with van der Waals surface area (Å²) < 4.78 is 15.6. The average molecular weight is 537 g/mol. The first kappa shape index (κ1) is 26.5. The molecule has 0 spiro atoms. The third-order valence-corrected chi connectivity index (χ3v) is 7.32. The molecule has 194 valence electrons. The fourth-order valence-corrected chi connectivity index (χ4v) is 5.43. The number of anilines is 1. The molecule has 1 amide bonds. The highest BCUT2D eigenvalue weighted by Crippen LogP contribution is 2.32. The van der Waals surface area contributed by atoms with Gasteiger partial charge in [0.15, 0.2) is 0 Å². The zero-order valence-electron chi connectivity index (χ0n) is 20.6. The van der Waals surface area contributed by atoms with E-state index in [-0.39, 0.29) is 17.8 Å². The number of benzene rings is 2. The second kappa shape index (κ2) is 10.4.